The fourth-order valence-corrected chi connectivity index (χ4v) is 1.55. The molecule has 0 saturated heterocycles. The number of nitrogens with zero attached hydrogens (tertiary/aromatic N) is 2. The number of carbonyl (C=O) groups is 1. The topological polar surface area (TPSA) is 45.2 Å². The molecule has 1 N–H and O–H groups in total. The molecule has 1 heterocycles. The van der Waals surface area contributed by atoms with Crippen molar-refractivity contribution < 1.29 is 4.79 Å². The van der Waals surface area contributed by atoms with Crippen molar-refractivity contribution in [2.24, 2.45) is 0 Å². The Kier molecular flexibility index (Phi) is 4.43. The third-order valence-corrected chi connectivity index (χ3v) is 2.44. The SMILES string of the molecule is CC(N[C@H](C)c1ccccn1)C(=O)N(C)C. The molecule has 4 nitrogen and oxygen atoms in total. The minimum Gasteiger partial charge on any atom is -0.347 e. The van der Waals surface area contributed by atoms with Gasteiger partial charge in [0.25, 0.3) is 0 Å². The van der Waals surface area contributed by atoms with E-state index in [1.807, 2.05) is 32.0 Å². The lowest BCUT2D eigenvalue weighted by Crippen LogP contribution is -2.42. The Morgan fingerprint density at radius 1 is 1.38 bits per heavy atom. The van der Waals surface area contributed by atoms with Gasteiger partial charge in [-0.05, 0) is 26.0 Å². The Morgan fingerprint density at radius 2 is 2.06 bits per heavy atom. The molecule has 0 aliphatic carbocycles. The smallest absolute Gasteiger partial charge is 0.238 e. The highest BCUT2D eigenvalue weighted by atomic mass is 16.2. The number of likely N-dealkylation sites (N-methyl/N-ethyl adjacent to an activating group) is 1. The molecule has 1 amide bonds. The van der Waals surface area contributed by atoms with Gasteiger partial charge in [0.15, 0.2) is 0 Å². The summed E-state index contributed by atoms with van der Waals surface area (Å²) in [6.45, 7) is 3.86. The Bertz CT molecular complexity index is 337. The Morgan fingerprint density at radius 3 is 2.56 bits per heavy atom. The van der Waals surface area contributed by atoms with Crippen molar-refractivity contribution in [1.29, 1.82) is 0 Å². The van der Waals surface area contributed by atoms with Crippen LogP contribution in [0, 0.1) is 0 Å². The molecular weight excluding hydrogens is 202 g/mol. The molecule has 0 fully saturated rings. The second-order valence-electron chi connectivity index (χ2n) is 4.10. The summed E-state index contributed by atoms with van der Waals surface area (Å²) in [6, 6.07) is 5.64. The van der Waals surface area contributed by atoms with Crippen LogP contribution in [0.3, 0.4) is 0 Å². The number of amides is 1. The number of rotatable bonds is 4. The van der Waals surface area contributed by atoms with Crippen LogP contribution in [0.2, 0.25) is 0 Å². The molecule has 0 aliphatic heterocycles. The minimum atomic E-state index is -0.202. The van der Waals surface area contributed by atoms with Crippen LogP contribution in [0.25, 0.3) is 0 Å². The van der Waals surface area contributed by atoms with Crippen molar-refractivity contribution in [3.63, 3.8) is 0 Å². The van der Waals surface area contributed by atoms with E-state index in [2.05, 4.69) is 10.3 Å². The fourth-order valence-electron chi connectivity index (χ4n) is 1.55. The fraction of sp³-hybridized carbons (Fsp3) is 0.500. The van der Waals surface area contributed by atoms with Crippen molar-refractivity contribution >= 4 is 5.91 Å². The molecule has 1 aromatic rings. The summed E-state index contributed by atoms with van der Waals surface area (Å²) in [5.74, 6) is 0.0720. The van der Waals surface area contributed by atoms with Gasteiger partial charge in [0, 0.05) is 26.3 Å². The van der Waals surface area contributed by atoms with Crippen LogP contribution in [0.1, 0.15) is 25.6 Å². The van der Waals surface area contributed by atoms with Crippen molar-refractivity contribution in [2.45, 2.75) is 25.9 Å². The van der Waals surface area contributed by atoms with Gasteiger partial charge >= 0.3 is 0 Å². The van der Waals surface area contributed by atoms with E-state index in [9.17, 15) is 4.79 Å². The maximum absolute atomic E-state index is 11.7. The van der Waals surface area contributed by atoms with Crippen LogP contribution >= 0.6 is 0 Å². The highest BCUT2D eigenvalue weighted by molar-refractivity contribution is 5.80. The van der Waals surface area contributed by atoms with E-state index in [0.717, 1.165) is 5.69 Å². The van der Waals surface area contributed by atoms with E-state index in [-0.39, 0.29) is 18.0 Å². The van der Waals surface area contributed by atoms with Gasteiger partial charge in [0.1, 0.15) is 0 Å². The number of hydrogen-bond acceptors (Lipinski definition) is 3. The minimum absolute atomic E-state index is 0.0695. The van der Waals surface area contributed by atoms with Crippen LogP contribution in [0.15, 0.2) is 24.4 Å². The highest BCUT2D eigenvalue weighted by Crippen LogP contribution is 2.09. The van der Waals surface area contributed by atoms with Gasteiger partial charge in [0.05, 0.1) is 11.7 Å². The quantitative estimate of drug-likeness (QED) is 0.831. The number of pyridine rings is 1. The predicted octanol–water partition coefficient (Wildman–Crippen LogP) is 1.21. The van der Waals surface area contributed by atoms with Crippen LogP contribution in [-0.4, -0.2) is 35.9 Å². The molecule has 1 rings (SSSR count). The van der Waals surface area contributed by atoms with E-state index >= 15 is 0 Å². The molecule has 0 radical (unpaired) electrons. The van der Waals surface area contributed by atoms with Crippen molar-refractivity contribution in [1.82, 2.24) is 15.2 Å². The average Bonchev–Trinajstić information content (AvgIpc) is 2.28. The largest absolute Gasteiger partial charge is 0.347 e. The highest BCUT2D eigenvalue weighted by Gasteiger charge is 2.17. The van der Waals surface area contributed by atoms with Crippen molar-refractivity contribution in [2.75, 3.05) is 14.1 Å². The molecule has 4 heteroatoms. The van der Waals surface area contributed by atoms with Gasteiger partial charge in [0.2, 0.25) is 5.91 Å². The zero-order chi connectivity index (χ0) is 12.1. The monoisotopic (exact) mass is 221 g/mol. The average molecular weight is 221 g/mol. The zero-order valence-electron chi connectivity index (χ0n) is 10.3. The molecule has 0 bridgehead atoms. The van der Waals surface area contributed by atoms with Crippen molar-refractivity contribution in [3.05, 3.63) is 30.1 Å². The van der Waals surface area contributed by atoms with Gasteiger partial charge in [-0.25, -0.2) is 0 Å². The normalized spacial score (nSPS) is 14.2. The van der Waals surface area contributed by atoms with E-state index in [0.29, 0.717) is 0 Å². The molecule has 16 heavy (non-hydrogen) atoms. The summed E-state index contributed by atoms with van der Waals surface area (Å²) in [5, 5.41) is 3.22. The number of carbonyl (C=O) groups excluding carboxylic acids is 1. The second-order valence-corrected chi connectivity index (χ2v) is 4.10. The number of nitrogens with one attached hydrogen (secondary N) is 1. The van der Waals surface area contributed by atoms with E-state index in [4.69, 9.17) is 0 Å². The lowest BCUT2D eigenvalue weighted by Gasteiger charge is -2.21. The summed E-state index contributed by atoms with van der Waals surface area (Å²) in [5.41, 5.74) is 0.945. The van der Waals surface area contributed by atoms with Crippen LogP contribution in [0.4, 0.5) is 0 Å². The Balaban J connectivity index is 2.58. The summed E-state index contributed by atoms with van der Waals surface area (Å²) >= 11 is 0. The van der Waals surface area contributed by atoms with Gasteiger partial charge in [-0.3, -0.25) is 15.1 Å². The van der Waals surface area contributed by atoms with Crippen LogP contribution in [0.5, 0.6) is 0 Å². The summed E-state index contributed by atoms with van der Waals surface area (Å²) < 4.78 is 0. The third kappa shape index (κ3) is 3.31. The van der Waals surface area contributed by atoms with Crippen LogP contribution in [-0.2, 0) is 4.79 Å². The molecule has 0 aromatic carbocycles. The molecule has 0 spiro atoms. The molecule has 0 saturated carbocycles. The van der Waals surface area contributed by atoms with Crippen molar-refractivity contribution in [3.8, 4) is 0 Å². The van der Waals surface area contributed by atoms with Gasteiger partial charge < -0.3 is 4.90 Å². The molecule has 0 aliphatic rings. The molecule has 88 valence electrons. The summed E-state index contributed by atoms with van der Waals surface area (Å²) in [6.07, 6.45) is 1.76. The number of hydrogen-bond donors (Lipinski definition) is 1. The first kappa shape index (κ1) is 12.6. The maximum atomic E-state index is 11.7. The molecule has 2 atom stereocenters. The van der Waals surface area contributed by atoms with E-state index < -0.39 is 0 Å². The van der Waals surface area contributed by atoms with Crippen LogP contribution < -0.4 is 5.32 Å². The lowest BCUT2D eigenvalue weighted by atomic mass is 10.2. The molecule has 1 aromatic heterocycles. The first-order valence-electron chi connectivity index (χ1n) is 5.40. The summed E-state index contributed by atoms with van der Waals surface area (Å²) in [4.78, 5) is 17.5. The van der Waals surface area contributed by atoms with Gasteiger partial charge in [-0.1, -0.05) is 6.07 Å². The number of aromatic nitrogens is 1. The second kappa shape index (κ2) is 5.61. The van der Waals surface area contributed by atoms with Gasteiger partial charge in [-0.2, -0.15) is 0 Å². The standard InChI is InChI=1S/C12H19N3O/c1-9(11-7-5-6-8-13-11)14-10(2)12(16)15(3)4/h5-10,14H,1-4H3/t9-,10?/m1/s1. The Hall–Kier alpha value is -1.42. The lowest BCUT2D eigenvalue weighted by molar-refractivity contribution is -0.130. The third-order valence-electron chi connectivity index (χ3n) is 2.44. The maximum Gasteiger partial charge on any atom is 0.238 e. The summed E-state index contributed by atoms with van der Waals surface area (Å²) in [7, 11) is 3.51. The first-order chi connectivity index (χ1) is 7.52. The van der Waals surface area contributed by atoms with Gasteiger partial charge in [-0.15, -0.1) is 0 Å². The predicted molar refractivity (Wildman–Crippen MR) is 63.9 cm³/mol. The first-order valence-corrected chi connectivity index (χ1v) is 5.40. The van der Waals surface area contributed by atoms with E-state index in [1.165, 1.54) is 0 Å². The molecule has 1 unspecified atom stereocenters. The Labute approximate surface area is 96.7 Å². The van der Waals surface area contributed by atoms with E-state index in [1.54, 1.807) is 25.2 Å². The zero-order valence-corrected chi connectivity index (χ0v) is 10.3. The molecular formula is C12H19N3O.